The largest absolute Gasteiger partial charge is 0.454 e. The van der Waals surface area contributed by atoms with Crippen LogP contribution in [0.25, 0.3) is 111 Å². The van der Waals surface area contributed by atoms with E-state index in [-0.39, 0.29) is 39.0 Å². The van der Waals surface area contributed by atoms with Crippen molar-refractivity contribution in [3.05, 3.63) is 188 Å². The lowest BCUT2D eigenvalue weighted by atomic mass is 10.0. The summed E-state index contributed by atoms with van der Waals surface area (Å²) in [4.78, 5) is 14.1. The molecule has 6 nitrogen and oxygen atoms in total. The van der Waals surface area contributed by atoms with E-state index in [9.17, 15) is 2.74 Å². The minimum Gasteiger partial charge on any atom is -0.454 e. The van der Waals surface area contributed by atoms with Gasteiger partial charge in [-0.25, -0.2) is 4.98 Å². The van der Waals surface area contributed by atoms with Crippen molar-refractivity contribution in [2.24, 2.45) is 0 Å². The van der Waals surface area contributed by atoms with E-state index in [1.54, 1.807) is 65.2 Å². The first-order valence-electron chi connectivity index (χ1n) is 27.9. The van der Waals surface area contributed by atoms with Crippen molar-refractivity contribution in [2.75, 3.05) is 0 Å². The summed E-state index contributed by atoms with van der Waals surface area (Å²) in [6.07, 6.45) is 0. The normalized spacial score (nSPS) is 17.0. The third-order valence-corrected chi connectivity index (χ3v) is 9.76. The van der Waals surface area contributed by atoms with E-state index in [0.29, 0.717) is 32.6 Å². The number of benzene rings is 8. The van der Waals surface area contributed by atoms with E-state index in [4.69, 9.17) is 40.4 Å². The topological polar surface area (TPSA) is 61.7 Å². The van der Waals surface area contributed by atoms with E-state index in [2.05, 4.69) is 4.98 Å². The quantitative estimate of drug-likeness (QED) is 0.176. The highest BCUT2D eigenvalue weighted by atomic mass is 16.3. The molecule has 0 radical (unpaired) electrons. The third kappa shape index (κ3) is 4.81. The van der Waals surface area contributed by atoms with Gasteiger partial charge in [-0.3, -0.25) is 4.57 Å². The molecule has 0 atom stereocenters. The molecule has 0 N–H and O–H groups in total. The number of nitrogens with zero attached hydrogens (tertiary/aromatic N) is 5. The molecule has 0 aliphatic rings. The number of para-hydroxylation sites is 3. The molecule has 0 saturated heterocycles. The van der Waals surface area contributed by atoms with Crippen LogP contribution in [0.1, 0.15) is 28.8 Å². The van der Waals surface area contributed by atoms with Crippen LogP contribution in [0.15, 0.2) is 192 Å². The molecular weight excluding hydrogens is 699 g/mol. The highest BCUT2D eigenvalue weighted by Crippen LogP contribution is 2.44. The number of furan rings is 1. The number of fused-ring (bicyclic) bond motifs is 10. The predicted molar refractivity (Wildman–Crippen MR) is 232 cm³/mol. The fourth-order valence-corrected chi connectivity index (χ4v) is 7.45. The fourth-order valence-electron chi connectivity index (χ4n) is 7.45. The Labute approximate surface area is 356 Å². The lowest BCUT2D eigenvalue weighted by Crippen LogP contribution is -2.07. The molecule has 6 heteroatoms. The van der Waals surface area contributed by atoms with Crippen LogP contribution in [0, 0.1) is 0 Å². The summed E-state index contributed by atoms with van der Waals surface area (Å²) in [5.74, 6) is -1.47. The summed E-state index contributed by atoms with van der Waals surface area (Å²) >= 11 is 0. The maximum absolute atomic E-state index is 10.2. The van der Waals surface area contributed by atoms with Gasteiger partial charge in [-0.05, 0) is 41.4 Å². The Morgan fingerprint density at radius 3 is 1.58 bits per heavy atom. The van der Waals surface area contributed by atoms with Crippen LogP contribution in [0.5, 0.6) is 0 Å². The van der Waals surface area contributed by atoms with Gasteiger partial charge in [0.1, 0.15) is 5.58 Å². The van der Waals surface area contributed by atoms with Crippen molar-refractivity contribution in [3.8, 4) is 45.5 Å². The maximum Gasteiger partial charge on any atom is 0.238 e. The van der Waals surface area contributed by atoms with Crippen LogP contribution in [-0.4, -0.2) is 24.1 Å². The van der Waals surface area contributed by atoms with Crippen molar-refractivity contribution in [1.29, 1.82) is 0 Å². The van der Waals surface area contributed by atoms with Gasteiger partial charge in [-0.2, -0.15) is 9.97 Å². The number of hydrogen-bond donors (Lipinski definition) is 0. The van der Waals surface area contributed by atoms with Gasteiger partial charge < -0.3 is 8.98 Å². The summed E-state index contributed by atoms with van der Waals surface area (Å²) in [5.41, 5.74) is -1.97. The molecule has 4 heterocycles. The zero-order valence-electron chi connectivity index (χ0n) is 49.9. The van der Waals surface area contributed by atoms with Gasteiger partial charge in [-0.1, -0.05) is 157 Å². The molecule has 8 aromatic carbocycles. The highest BCUT2D eigenvalue weighted by molar-refractivity contribution is 6.24. The standard InChI is InChI=1S/C51H31N5O/c1-4-16-32(17-5-1)35-30-41-38-24-12-15-27-45(38)57-48(41)44(31-35)55-42-25-13-10-22-36(42)39-28-29-40-37-23-11-14-26-43(37)56(47(40)46(39)55)51-53-49(33-18-6-2-7-19-33)52-50(54-51)34-20-8-3-9-21-34/h1-31H/i1D,2D,3D,4D,5D,6D,7D,8D,9D,12D,15D,16D,17D,18D,19D,20D,21D,24D,27D,30D,31D. The SMILES string of the molecule is [2H]c1c([2H])c([2H])c(-c2nc(-c3c([2H])c([2H])c([2H])c([2H])c3[2H])nc(-n3c4ccccc4c4ccc5c6ccccc6n(-c6c([2H])c(-c7c([2H])c([2H])c([2H])c([2H])c7[2H])c([2H])c7c6oc6c([2H])c([2H])c([2H])c([2H])c67)c5c43)n2)c([2H])c1[2H]. The molecule has 0 aliphatic heterocycles. The first kappa shape index (κ1) is 17.3. The molecule has 0 saturated carbocycles. The van der Waals surface area contributed by atoms with Gasteiger partial charge in [0.25, 0.3) is 0 Å². The van der Waals surface area contributed by atoms with Gasteiger partial charge in [-0.15, -0.1) is 0 Å². The molecule has 0 fully saturated rings. The Hall–Kier alpha value is -7.83. The highest BCUT2D eigenvalue weighted by Gasteiger charge is 2.25. The Bertz CT molecular complexity index is 4600. The average molecular weight is 751 g/mol. The Morgan fingerprint density at radius 2 is 0.947 bits per heavy atom. The molecule has 57 heavy (non-hydrogen) atoms. The van der Waals surface area contributed by atoms with Crippen LogP contribution in [0.4, 0.5) is 0 Å². The zero-order valence-corrected chi connectivity index (χ0v) is 28.9. The predicted octanol–water partition coefficient (Wildman–Crippen LogP) is 13.0. The molecule has 4 aromatic heterocycles. The van der Waals surface area contributed by atoms with Gasteiger partial charge in [0, 0.05) is 43.4 Å². The molecule has 12 aromatic rings. The molecule has 266 valence electrons. The van der Waals surface area contributed by atoms with Crippen molar-refractivity contribution in [1.82, 2.24) is 24.1 Å². The van der Waals surface area contributed by atoms with Gasteiger partial charge >= 0.3 is 0 Å². The summed E-state index contributed by atoms with van der Waals surface area (Å²) in [6, 6.07) is 2.17. The summed E-state index contributed by atoms with van der Waals surface area (Å²) in [7, 11) is 0. The summed E-state index contributed by atoms with van der Waals surface area (Å²) < 4.78 is 196. The zero-order chi connectivity index (χ0) is 55.7. The Morgan fingerprint density at radius 1 is 0.421 bits per heavy atom. The number of hydrogen-bond acceptors (Lipinski definition) is 4. The first-order valence-corrected chi connectivity index (χ1v) is 17.4. The maximum atomic E-state index is 10.2. The van der Waals surface area contributed by atoms with E-state index in [0.717, 1.165) is 0 Å². The minimum absolute atomic E-state index is 0.207. The lowest BCUT2D eigenvalue weighted by molar-refractivity contribution is 0.666. The minimum atomic E-state index is -0.781. The molecule has 0 bridgehead atoms. The first-order chi connectivity index (χ1) is 37.0. The average Bonchev–Trinajstić information content (AvgIpc) is 3.82. The molecule has 0 spiro atoms. The Balaban J connectivity index is 1.33. The van der Waals surface area contributed by atoms with E-state index < -0.39 is 166 Å². The van der Waals surface area contributed by atoms with E-state index in [1.165, 1.54) is 4.57 Å². The summed E-state index contributed by atoms with van der Waals surface area (Å²) in [6.45, 7) is 0. The monoisotopic (exact) mass is 750 g/mol. The van der Waals surface area contributed by atoms with Crippen LogP contribution in [0.2, 0.25) is 0 Å². The smallest absolute Gasteiger partial charge is 0.238 e. The molecule has 12 rings (SSSR count). The van der Waals surface area contributed by atoms with Crippen molar-refractivity contribution < 1.29 is 33.2 Å². The lowest BCUT2D eigenvalue weighted by Gasteiger charge is -2.14. The molecule has 0 unspecified atom stereocenters. The van der Waals surface area contributed by atoms with Crippen molar-refractivity contribution >= 4 is 65.6 Å². The second kappa shape index (κ2) is 12.3. The van der Waals surface area contributed by atoms with E-state index in [1.807, 2.05) is 0 Å². The number of aromatic nitrogens is 5. The Kier molecular flexibility index (Phi) is 3.75. The van der Waals surface area contributed by atoms with Gasteiger partial charge in [0.15, 0.2) is 17.2 Å². The van der Waals surface area contributed by atoms with Crippen LogP contribution in [-0.2, 0) is 0 Å². The van der Waals surface area contributed by atoms with Gasteiger partial charge in [0.2, 0.25) is 5.95 Å². The molecular formula is C51H31N5O. The van der Waals surface area contributed by atoms with E-state index >= 15 is 0 Å². The number of rotatable bonds is 5. The van der Waals surface area contributed by atoms with Gasteiger partial charge in [0.05, 0.1) is 56.5 Å². The van der Waals surface area contributed by atoms with Crippen molar-refractivity contribution in [3.63, 3.8) is 0 Å². The van der Waals surface area contributed by atoms with Crippen LogP contribution in [0.3, 0.4) is 0 Å². The van der Waals surface area contributed by atoms with Crippen molar-refractivity contribution in [2.45, 2.75) is 0 Å². The van der Waals surface area contributed by atoms with Crippen LogP contribution >= 0.6 is 0 Å². The third-order valence-electron chi connectivity index (χ3n) is 9.76. The second-order valence-electron chi connectivity index (χ2n) is 12.8. The molecule has 0 aliphatic carbocycles. The second-order valence-corrected chi connectivity index (χ2v) is 12.8. The fraction of sp³-hybridized carbons (Fsp3) is 0. The summed E-state index contributed by atoms with van der Waals surface area (Å²) in [5, 5.41) is 1.40. The molecule has 0 amide bonds. The van der Waals surface area contributed by atoms with Crippen LogP contribution < -0.4 is 0 Å².